The Morgan fingerprint density at radius 3 is 1.77 bits per heavy atom. The molecule has 5 amide bonds. The molecule has 0 heterocycles. The molecule has 238 valence electrons. The van der Waals surface area contributed by atoms with Crippen LogP contribution in [0, 0.1) is 0 Å². The lowest BCUT2D eigenvalue weighted by atomic mass is 9.98. The highest BCUT2D eigenvalue weighted by molar-refractivity contribution is 5.93. The number of alkyl carbamates (subject to hydrolysis) is 1. The average molecular weight is 610 g/mol. The van der Waals surface area contributed by atoms with Crippen molar-refractivity contribution >= 4 is 29.9 Å². The summed E-state index contributed by atoms with van der Waals surface area (Å²) in [6.45, 7) is 10.2. The number of carbonyl (C=O) groups excluding carboxylic acids is 5. The summed E-state index contributed by atoms with van der Waals surface area (Å²) in [5.74, 6) is -1.76. The second kappa shape index (κ2) is 14.7. The van der Waals surface area contributed by atoms with Gasteiger partial charge in [-0.25, -0.2) is 9.59 Å². The molecule has 0 aliphatic heterocycles. The Balaban J connectivity index is 1.39. The Morgan fingerprint density at radius 1 is 0.773 bits per heavy atom. The number of nitrogens with one attached hydrogen (secondary N) is 4. The molecule has 1 aliphatic rings. The van der Waals surface area contributed by atoms with Gasteiger partial charge in [0.05, 0.1) is 0 Å². The van der Waals surface area contributed by atoms with Gasteiger partial charge in [0.15, 0.2) is 0 Å². The molecule has 1 aliphatic carbocycles. The number of likely N-dealkylation sites (N-methyl/N-ethyl adjacent to an activating group) is 1. The van der Waals surface area contributed by atoms with Gasteiger partial charge in [-0.1, -0.05) is 48.5 Å². The maximum Gasteiger partial charge on any atom is 0.410 e. The highest BCUT2D eigenvalue weighted by Crippen LogP contribution is 2.44. The summed E-state index contributed by atoms with van der Waals surface area (Å²) in [6, 6.07) is 13.1. The molecule has 0 saturated carbocycles. The molecular weight excluding hydrogens is 566 g/mol. The average Bonchev–Trinajstić information content (AvgIpc) is 3.28. The predicted octanol–water partition coefficient (Wildman–Crippen LogP) is 2.91. The van der Waals surface area contributed by atoms with E-state index < -0.39 is 53.6 Å². The lowest BCUT2D eigenvalue weighted by Gasteiger charge is -2.25. The van der Waals surface area contributed by atoms with Gasteiger partial charge in [-0.15, -0.1) is 0 Å². The maximum absolute atomic E-state index is 12.7. The highest BCUT2D eigenvalue weighted by Gasteiger charge is 2.30. The predicted molar refractivity (Wildman–Crippen MR) is 165 cm³/mol. The largest absolute Gasteiger partial charge is 0.449 e. The first-order valence-corrected chi connectivity index (χ1v) is 14.6. The topological polar surface area (TPSA) is 155 Å². The van der Waals surface area contributed by atoms with Gasteiger partial charge < -0.3 is 35.6 Å². The fraction of sp³-hybridized carbons (Fsp3) is 0.469. The zero-order chi connectivity index (χ0) is 32.6. The van der Waals surface area contributed by atoms with E-state index in [-0.39, 0.29) is 25.6 Å². The van der Waals surface area contributed by atoms with E-state index in [4.69, 9.17) is 9.47 Å². The Kier molecular flexibility index (Phi) is 11.3. The molecule has 3 rings (SSSR count). The minimum Gasteiger partial charge on any atom is -0.449 e. The zero-order valence-corrected chi connectivity index (χ0v) is 26.4. The van der Waals surface area contributed by atoms with Crippen molar-refractivity contribution in [2.75, 3.05) is 26.7 Å². The Labute approximate surface area is 258 Å². The van der Waals surface area contributed by atoms with E-state index in [0.29, 0.717) is 0 Å². The van der Waals surface area contributed by atoms with Gasteiger partial charge in [-0.05, 0) is 63.8 Å². The summed E-state index contributed by atoms with van der Waals surface area (Å²) < 4.78 is 10.8. The number of fused-ring (bicyclic) bond motifs is 3. The standard InChI is InChI=1S/C32H43N5O7/c1-19(27(38)33-16-17-37(7)31(42)44-32(4,5)6)34-28(39)20(2)35-29(40)21(3)36-30(41)43-18-26-24-14-10-8-12-22(24)23-13-9-11-15-25(23)26/h8-15,19-21,26H,16-18H2,1-7H3,(H,33,38)(H,34,39)(H,35,40)(H,36,41)/t19-,20-,21-/m0/s1. The van der Waals surface area contributed by atoms with Crippen molar-refractivity contribution in [3.05, 3.63) is 59.7 Å². The van der Waals surface area contributed by atoms with Crippen molar-refractivity contribution < 1.29 is 33.4 Å². The molecule has 2 aromatic carbocycles. The number of ether oxygens (including phenoxy) is 2. The molecule has 3 atom stereocenters. The van der Waals surface area contributed by atoms with Crippen LogP contribution in [0.2, 0.25) is 0 Å². The summed E-state index contributed by atoms with van der Waals surface area (Å²) in [4.78, 5) is 63.6. The van der Waals surface area contributed by atoms with Gasteiger partial charge in [0, 0.05) is 26.1 Å². The van der Waals surface area contributed by atoms with E-state index in [1.807, 2.05) is 48.5 Å². The van der Waals surface area contributed by atoms with Gasteiger partial charge in [0.2, 0.25) is 17.7 Å². The third-order valence-corrected chi connectivity index (χ3v) is 7.03. The van der Waals surface area contributed by atoms with Crippen LogP contribution in [-0.4, -0.2) is 85.3 Å². The summed E-state index contributed by atoms with van der Waals surface area (Å²) >= 11 is 0. The van der Waals surface area contributed by atoms with Crippen molar-refractivity contribution in [2.45, 2.75) is 71.2 Å². The summed E-state index contributed by atoms with van der Waals surface area (Å²) in [5, 5.41) is 10.2. The monoisotopic (exact) mass is 609 g/mol. The fourth-order valence-electron chi connectivity index (χ4n) is 4.62. The van der Waals surface area contributed by atoms with Crippen LogP contribution in [0.15, 0.2) is 48.5 Å². The number of rotatable bonds is 11. The van der Waals surface area contributed by atoms with Crippen LogP contribution >= 0.6 is 0 Å². The third-order valence-electron chi connectivity index (χ3n) is 7.03. The SMILES string of the molecule is C[C@H](NC(=O)OCC1c2ccccc2-c2ccccc21)C(=O)N[C@@H](C)C(=O)N[C@@H](C)C(=O)NCCN(C)C(=O)OC(C)(C)C. The molecular formula is C32H43N5O7. The van der Waals surface area contributed by atoms with Crippen molar-refractivity contribution in [1.29, 1.82) is 0 Å². The van der Waals surface area contributed by atoms with Crippen LogP contribution in [0.1, 0.15) is 58.6 Å². The lowest BCUT2D eigenvalue weighted by Crippen LogP contribution is -2.55. The Bertz CT molecular complexity index is 1330. The van der Waals surface area contributed by atoms with Gasteiger partial charge in [-0.2, -0.15) is 0 Å². The first-order chi connectivity index (χ1) is 20.7. The molecule has 12 heteroatoms. The minimum absolute atomic E-state index is 0.101. The molecule has 0 aromatic heterocycles. The van der Waals surface area contributed by atoms with Gasteiger partial charge in [0.1, 0.15) is 30.3 Å². The van der Waals surface area contributed by atoms with Crippen molar-refractivity contribution in [3.8, 4) is 11.1 Å². The van der Waals surface area contributed by atoms with E-state index in [0.717, 1.165) is 22.3 Å². The first-order valence-electron chi connectivity index (χ1n) is 14.6. The summed E-state index contributed by atoms with van der Waals surface area (Å²) in [7, 11) is 1.55. The summed E-state index contributed by atoms with van der Waals surface area (Å²) in [6.07, 6.45) is -1.27. The van der Waals surface area contributed by atoms with Crippen LogP contribution in [0.4, 0.5) is 9.59 Å². The number of carbonyl (C=O) groups is 5. The molecule has 0 radical (unpaired) electrons. The maximum atomic E-state index is 12.7. The molecule has 0 spiro atoms. The van der Waals surface area contributed by atoms with Crippen molar-refractivity contribution in [2.24, 2.45) is 0 Å². The summed E-state index contributed by atoms with van der Waals surface area (Å²) in [5.41, 5.74) is 3.73. The molecule has 2 aromatic rings. The van der Waals surface area contributed by atoms with E-state index in [1.165, 1.54) is 25.7 Å². The number of hydrogen-bond acceptors (Lipinski definition) is 7. The Morgan fingerprint density at radius 2 is 1.25 bits per heavy atom. The van der Waals surface area contributed by atoms with Gasteiger partial charge in [0.25, 0.3) is 0 Å². The molecule has 0 bridgehead atoms. The Hall–Kier alpha value is -4.61. The highest BCUT2D eigenvalue weighted by atomic mass is 16.6. The number of benzene rings is 2. The van der Waals surface area contributed by atoms with E-state index in [9.17, 15) is 24.0 Å². The third kappa shape index (κ3) is 9.19. The van der Waals surface area contributed by atoms with Gasteiger partial charge >= 0.3 is 12.2 Å². The van der Waals surface area contributed by atoms with E-state index in [2.05, 4.69) is 21.3 Å². The van der Waals surface area contributed by atoms with Crippen LogP contribution in [0.25, 0.3) is 11.1 Å². The zero-order valence-electron chi connectivity index (χ0n) is 26.4. The number of hydrogen-bond donors (Lipinski definition) is 4. The second-order valence-corrected chi connectivity index (χ2v) is 11.8. The van der Waals surface area contributed by atoms with Crippen molar-refractivity contribution in [1.82, 2.24) is 26.2 Å². The van der Waals surface area contributed by atoms with Crippen molar-refractivity contribution in [3.63, 3.8) is 0 Å². The first kappa shape index (κ1) is 33.9. The molecule has 12 nitrogen and oxygen atoms in total. The number of amides is 5. The van der Waals surface area contributed by atoms with E-state index >= 15 is 0 Å². The molecule has 4 N–H and O–H groups in total. The van der Waals surface area contributed by atoms with Crippen LogP contribution in [0.5, 0.6) is 0 Å². The van der Waals surface area contributed by atoms with Gasteiger partial charge in [-0.3, -0.25) is 14.4 Å². The second-order valence-electron chi connectivity index (χ2n) is 11.8. The number of nitrogens with zero attached hydrogens (tertiary/aromatic N) is 1. The molecule has 44 heavy (non-hydrogen) atoms. The molecule has 0 unspecified atom stereocenters. The molecule has 0 fully saturated rings. The quantitative estimate of drug-likeness (QED) is 0.305. The molecule has 0 saturated heterocycles. The van der Waals surface area contributed by atoms with Crippen LogP contribution in [-0.2, 0) is 23.9 Å². The van der Waals surface area contributed by atoms with Crippen LogP contribution < -0.4 is 21.3 Å². The normalized spacial score (nSPS) is 14.2. The van der Waals surface area contributed by atoms with Crippen LogP contribution in [0.3, 0.4) is 0 Å². The fourth-order valence-corrected chi connectivity index (χ4v) is 4.62. The lowest BCUT2D eigenvalue weighted by molar-refractivity contribution is -0.131. The smallest absolute Gasteiger partial charge is 0.410 e. The van der Waals surface area contributed by atoms with E-state index in [1.54, 1.807) is 27.8 Å². The minimum atomic E-state index is -0.984.